The van der Waals surface area contributed by atoms with Crippen LogP contribution in [0, 0.1) is 5.82 Å². The average Bonchev–Trinajstić information content (AvgIpc) is 3.26. The largest absolute Gasteiger partial charge is 0.347 e. The quantitative estimate of drug-likeness (QED) is 0.545. The Morgan fingerprint density at radius 2 is 2.15 bits per heavy atom. The van der Waals surface area contributed by atoms with Crippen LogP contribution in [0.4, 0.5) is 4.39 Å². The van der Waals surface area contributed by atoms with Gasteiger partial charge in [-0.05, 0) is 24.3 Å². The highest BCUT2D eigenvalue weighted by molar-refractivity contribution is 7.16. The molecule has 0 bridgehead atoms. The molecule has 5 nitrogen and oxygen atoms in total. The highest BCUT2D eigenvalue weighted by Gasteiger charge is 2.17. The maximum atomic E-state index is 14.1. The maximum Gasteiger partial charge on any atom is 0.253 e. The Bertz CT molecular complexity index is 1110. The van der Waals surface area contributed by atoms with Crippen molar-refractivity contribution in [1.82, 2.24) is 20.5 Å². The third-order valence-corrected chi connectivity index (χ3v) is 5.15. The van der Waals surface area contributed by atoms with Crippen LogP contribution in [-0.4, -0.2) is 21.1 Å². The van der Waals surface area contributed by atoms with Crippen molar-refractivity contribution in [3.05, 3.63) is 69.4 Å². The fraction of sp³-hybridized carbons (Fsp3) is 0.0556. The minimum absolute atomic E-state index is 0.256. The van der Waals surface area contributed by atoms with Gasteiger partial charge in [-0.1, -0.05) is 23.7 Å². The summed E-state index contributed by atoms with van der Waals surface area (Å²) in [7, 11) is 0. The lowest BCUT2D eigenvalue weighted by Crippen LogP contribution is -2.22. The summed E-state index contributed by atoms with van der Waals surface area (Å²) in [6, 6.07) is 10.5. The molecule has 3 heterocycles. The summed E-state index contributed by atoms with van der Waals surface area (Å²) in [5, 5.41) is 10.6. The van der Waals surface area contributed by atoms with Crippen LogP contribution in [-0.2, 0) is 6.54 Å². The molecule has 0 spiro atoms. The summed E-state index contributed by atoms with van der Waals surface area (Å²) in [6.07, 6.45) is 2.65. The van der Waals surface area contributed by atoms with Gasteiger partial charge >= 0.3 is 0 Å². The molecule has 0 atom stereocenters. The molecule has 8 heteroatoms. The second kappa shape index (κ2) is 6.86. The Morgan fingerprint density at radius 1 is 1.27 bits per heavy atom. The first-order valence-electron chi connectivity index (χ1n) is 7.73. The Balaban J connectivity index is 1.66. The number of para-hydroxylation sites is 1. The van der Waals surface area contributed by atoms with E-state index < -0.39 is 5.82 Å². The molecule has 1 aromatic carbocycles. The van der Waals surface area contributed by atoms with Crippen molar-refractivity contribution < 1.29 is 9.18 Å². The molecule has 3 aromatic heterocycles. The first kappa shape index (κ1) is 16.7. The van der Waals surface area contributed by atoms with E-state index >= 15 is 0 Å². The number of amides is 1. The highest BCUT2D eigenvalue weighted by Crippen LogP contribution is 2.29. The first-order valence-corrected chi connectivity index (χ1v) is 8.92. The summed E-state index contributed by atoms with van der Waals surface area (Å²) in [5.41, 5.74) is 1.77. The van der Waals surface area contributed by atoms with Crippen molar-refractivity contribution >= 4 is 39.7 Å². The second-order valence-corrected chi connectivity index (χ2v) is 7.34. The molecule has 26 heavy (non-hydrogen) atoms. The number of hydrogen-bond donors (Lipinski definition) is 2. The monoisotopic (exact) mass is 386 g/mol. The van der Waals surface area contributed by atoms with Gasteiger partial charge in [-0.2, -0.15) is 5.10 Å². The summed E-state index contributed by atoms with van der Waals surface area (Å²) in [6.45, 7) is 0.378. The lowest BCUT2D eigenvalue weighted by atomic mass is 10.1. The molecule has 0 aliphatic carbocycles. The number of H-pyrrole nitrogens is 1. The smallest absolute Gasteiger partial charge is 0.253 e. The van der Waals surface area contributed by atoms with Gasteiger partial charge < -0.3 is 5.32 Å². The van der Waals surface area contributed by atoms with Gasteiger partial charge in [0.05, 0.1) is 28.3 Å². The summed E-state index contributed by atoms with van der Waals surface area (Å²) >= 11 is 7.31. The zero-order valence-electron chi connectivity index (χ0n) is 13.3. The molecule has 0 saturated carbocycles. The average molecular weight is 387 g/mol. The van der Waals surface area contributed by atoms with E-state index in [1.54, 1.807) is 30.3 Å². The van der Waals surface area contributed by atoms with Gasteiger partial charge in [0.15, 0.2) is 5.82 Å². The zero-order chi connectivity index (χ0) is 18.1. The van der Waals surface area contributed by atoms with E-state index in [4.69, 9.17) is 11.6 Å². The Labute approximate surface area is 156 Å². The van der Waals surface area contributed by atoms with E-state index in [-0.39, 0.29) is 5.91 Å². The van der Waals surface area contributed by atoms with Gasteiger partial charge in [-0.3, -0.25) is 14.9 Å². The van der Waals surface area contributed by atoms with Gasteiger partial charge in [-0.25, -0.2) is 4.39 Å². The number of carbonyl (C=O) groups excluding carboxylic acids is 1. The lowest BCUT2D eigenvalue weighted by molar-refractivity contribution is 0.0953. The number of aromatic nitrogens is 3. The number of nitrogens with one attached hydrogen (secondary N) is 2. The van der Waals surface area contributed by atoms with Crippen LogP contribution >= 0.6 is 22.9 Å². The highest BCUT2D eigenvalue weighted by atomic mass is 35.5. The third kappa shape index (κ3) is 3.07. The number of nitrogens with zero attached hydrogens (tertiary/aromatic N) is 2. The van der Waals surface area contributed by atoms with Crippen LogP contribution in [0.15, 0.2) is 48.8 Å². The standard InChI is InChI=1S/C18H12ClFN4OS/c19-15-5-4-10(26-15)8-22-18(25)13-3-1-2-12-16(23-24-17(12)13)11-6-7-21-9-14(11)20/h1-7,9H,8H2,(H,22,25)(H,23,24). The van der Waals surface area contributed by atoms with Crippen LogP contribution in [0.1, 0.15) is 15.2 Å². The number of halogens is 2. The minimum Gasteiger partial charge on any atom is -0.347 e. The minimum atomic E-state index is -0.456. The molecular weight excluding hydrogens is 375 g/mol. The molecule has 0 radical (unpaired) electrons. The van der Waals surface area contributed by atoms with Crippen molar-refractivity contribution in [2.45, 2.75) is 6.54 Å². The molecule has 130 valence electrons. The Kier molecular flexibility index (Phi) is 4.40. The van der Waals surface area contributed by atoms with Crippen molar-refractivity contribution in [1.29, 1.82) is 0 Å². The first-order chi connectivity index (χ1) is 12.6. The number of fused-ring (bicyclic) bond motifs is 1. The molecule has 0 aliphatic rings. The number of carbonyl (C=O) groups is 1. The maximum absolute atomic E-state index is 14.1. The number of pyridine rings is 1. The van der Waals surface area contributed by atoms with Gasteiger partial charge in [0, 0.05) is 22.0 Å². The molecule has 4 aromatic rings. The van der Waals surface area contributed by atoms with Crippen LogP contribution < -0.4 is 5.32 Å². The molecular formula is C18H12ClFN4OS. The van der Waals surface area contributed by atoms with Crippen molar-refractivity contribution in [3.63, 3.8) is 0 Å². The summed E-state index contributed by atoms with van der Waals surface area (Å²) < 4.78 is 14.7. The number of benzene rings is 1. The van der Waals surface area contributed by atoms with Crippen LogP contribution in [0.2, 0.25) is 4.34 Å². The van der Waals surface area contributed by atoms with E-state index in [2.05, 4.69) is 20.5 Å². The molecule has 2 N–H and O–H groups in total. The van der Waals surface area contributed by atoms with E-state index in [1.807, 2.05) is 6.07 Å². The molecule has 0 unspecified atom stereocenters. The molecule has 0 saturated heterocycles. The van der Waals surface area contributed by atoms with E-state index in [1.165, 1.54) is 17.5 Å². The number of rotatable bonds is 4. The zero-order valence-corrected chi connectivity index (χ0v) is 14.9. The number of aromatic amines is 1. The molecule has 0 aliphatic heterocycles. The molecule has 0 fully saturated rings. The predicted octanol–water partition coefficient (Wildman–Crippen LogP) is 4.41. The van der Waals surface area contributed by atoms with Crippen LogP contribution in [0.25, 0.3) is 22.2 Å². The van der Waals surface area contributed by atoms with Gasteiger partial charge in [0.25, 0.3) is 5.91 Å². The van der Waals surface area contributed by atoms with Gasteiger partial charge in [0.1, 0.15) is 5.52 Å². The van der Waals surface area contributed by atoms with Crippen molar-refractivity contribution in [3.8, 4) is 11.3 Å². The van der Waals surface area contributed by atoms with E-state index in [9.17, 15) is 9.18 Å². The fourth-order valence-electron chi connectivity index (χ4n) is 2.71. The Morgan fingerprint density at radius 3 is 2.92 bits per heavy atom. The molecule has 4 rings (SSSR count). The normalized spacial score (nSPS) is 11.0. The number of thiophene rings is 1. The lowest BCUT2D eigenvalue weighted by Gasteiger charge is -2.05. The van der Waals surface area contributed by atoms with Crippen molar-refractivity contribution in [2.24, 2.45) is 0 Å². The van der Waals surface area contributed by atoms with Gasteiger partial charge in [0.2, 0.25) is 0 Å². The second-order valence-electron chi connectivity index (χ2n) is 5.54. The summed E-state index contributed by atoms with van der Waals surface area (Å²) in [4.78, 5) is 17.3. The van der Waals surface area contributed by atoms with Crippen LogP contribution in [0.5, 0.6) is 0 Å². The SMILES string of the molecule is O=C(NCc1ccc(Cl)s1)c1cccc2c(-c3ccncc3F)[nH]nc12. The third-order valence-electron chi connectivity index (χ3n) is 3.92. The molecule has 1 amide bonds. The number of hydrogen-bond acceptors (Lipinski definition) is 4. The topological polar surface area (TPSA) is 70.7 Å². The predicted molar refractivity (Wildman–Crippen MR) is 99.8 cm³/mol. The van der Waals surface area contributed by atoms with E-state index in [0.717, 1.165) is 11.1 Å². The van der Waals surface area contributed by atoms with Crippen molar-refractivity contribution in [2.75, 3.05) is 0 Å². The fourth-order valence-corrected chi connectivity index (χ4v) is 3.74. The Hall–Kier alpha value is -2.77. The van der Waals surface area contributed by atoms with Gasteiger partial charge in [-0.15, -0.1) is 11.3 Å². The van der Waals surface area contributed by atoms with Crippen LogP contribution in [0.3, 0.4) is 0 Å². The summed E-state index contributed by atoms with van der Waals surface area (Å²) in [5.74, 6) is -0.712. The van der Waals surface area contributed by atoms with E-state index in [0.29, 0.717) is 38.6 Å².